The number of rotatable bonds is 3. The van der Waals surface area contributed by atoms with Gasteiger partial charge in [-0.2, -0.15) is 4.79 Å². The lowest BCUT2D eigenvalue weighted by atomic mass is 9.54. The van der Waals surface area contributed by atoms with Crippen LogP contribution in [0.15, 0.2) is 12.3 Å². The van der Waals surface area contributed by atoms with Crippen molar-refractivity contribution < 1.29 is 4.79 Å². The van der Waals surface area contributed by atoms with Crippen LogP contribution in [0.1, 0.15) is 82.6 Å². The molecule has 6 rings (SSSR count). The van der Waals surface area contributed by atoms with Gasteiger partial charge in [0.15, 0.2) is 5.69 Å². The number of hydrogen-bond donors (Lipinski definition) is 1. The van der Waals surface area contributed by atoms with Crippen molar-refractivity contribution in [3.8, 4) is 0 Å². The minimum absolute atomic E-state index is 0.0283. The largest absolute Gasteiger partial charge is 0.347 e. The second-order valence-electron chi connectivity index (χ2n) is 11.1. The highest BCUT2D eigenvalue weighted by Gasteiger charge is 2.48. The van der Waals surface area contributed by atoms with E-state index in [0.717, 1.165) is 18.4 Å². The lowest BCUT2D eigenvalue weighted by Gasteiger charge is -2.54. The van der Waals surface area contributed by atoms with Gasteiger partial charge in [0, 0.05) is 18.8 Å². The first-order chi connectivity index (χ1) is 13.4. The second kappa shape index (κ2) is 6.77. The molecule has 1 amide bonds. The van der Waals surface area contributed by atoms with Crippen molar-refractivity contribution in [3.63, 3.8) is 0 Å². The molecule has 4 saturated carbocycles. The van der Waals surface area contributed by atoms with Crippen LogP contribution >= 0.6 is 0 Å². The smallest absolute Gasteiger partial charge is 0.272 e. The average Bonchev–Trinajstić information content (AvgIpc) is 3.13. The van der Waals surface area contributed by atoms with E-state index in [2.05, 4.69) is 31.1 Å². The fourth-order valence-electron chi connectivity index (χ4n) is 7.01. The number of aromatic nitrogens is 2. The number of carbonyl (C=O) groups excluding carboxylic acids is 1. The zero-order valence-electron chi connectivity index (χ0n) is 17.7. The molecule has 28 heavy (non-hydrogen) atoms. The van der Waals surface area contributed by atoms with Gasteiger partial charge in [-0.1, -0.05) is 20.8 Å². The third kappa shape index (κ3) is 3.25. The maximum absolute atomic E-state index is 13.0. The Morgan fingerprint density at radius 1 is 1.07 bits per heavy atom. The summed E-state index contributed by atoms with van der Waals surface area (Å²) in [5.41, 5.74) is 0.780. The molecule has 1 saturated heterocycles. The highest BCUT2D eigenvalue weighted by atomic mass is 16.2. The van der Waals surface area contributed by atoms with E-state index >= 15 is 0 Å². The predicted molar refractivity (Wildman–Crippen MR) is 111 cm³/mol. The van der Waals surface area contributed by atoms with E-state index in [-0.39, 0.29) is 11.3 Å². The fourth-order valence-corrected chi connectivity index (χ4v) is 7.01. The molecule has 4 bridgehead atoms. The van der Waals surface area contributed by atoms with Crippen molar-refractivity contribution in [2.75, 3.05) is 11.6 Å². The first kappa shape index (κ1) is 18.5. The van der Waals surface area contributed by atoms with E-state index in [0.29, 0.717) is 29.6 Å². The van der Waals surface area contributed by atoms with Crippen LogP contribution in [0, 0.1) is 29.1 Å². The number of amides is 1. The summed E-state index contributed by atoms with van der Waals surface area (Å²) >= 11 is 0. The minimum Gasteiger partial charge on any atom is -0.347 e. The summed E-state index contributed by atoms with van der Waals surface area (Å²) in [6.07, 6.45) is 12.4. The van der Waals surface area contributed by atoms with Gasteiger partial charge in [0.2, 0.25) is 0 Å². The highest BCUT2D eigenvalue weighted by molar-refractivity contribution is 5.92. The summed E-state index contributed by atoms with van der Waals surface area (Å²) in [5, 5.41) is 10.5. The van der Waals surface area contributed by atoms with Crippen molar-refractivity contribution in [1.29, 1.82) is 0 Å². The summed E-state index contributed by atoms with van der Waals surface area (Å²) in [7, 11) is 0. The van der Waals surface area contributed by atoms with Gasteiger partial charge in [-0.3, -0.25) is 9.80 Å². The molecule has 5 heteroatoms. The quantitative estimate of drug-likeness (QED) is 0.858. The van der Waals surface area contributed by atoms with Crippen molar-refractivity contribution in [2.24, 2.45) is 29.1 Å². The summed E-state index contributed by atoms with van der Waals surface area (Å²) in [6, 6.07) is 2.74. The van der Waals surface area contributed by atoms with Gasteiger partial charge in [0.1, 0.15) is 0 Å². The monoisotopic (exact) mass is 384 g/mol. The molecule has 1 aromatic rings. The molecule has 0 aromatic carbocycles. The minimum atomic E-state index is 0.0283. The summed E-state index contributed by atoms with van der Waals surface area (Å²) in [5.74, 6) is 3.30. The van der Waals surface area contributed by atoms with Crippen LogP contribution in [-0.4, -0.2) is 34.4 Å². The van der Waals surface area contributed by atoms with Crippen LogP contribution in [0.4, 0.5) is 0 Å². The van der Waals surface area contributed by atoms with E-state index in [9.17, 15) is 4.79 Å². The zero-order valence-corrected chi connectivity index (χ0v) is 17.7. The molecule has 0 radical (unpaired) electrons. The van der Waals surface area contributed by atoms with Gasteiger partial charge in [0.05, 0.1) is 6.04 Å². The standard InChI is InChI=1S/C23H36N4O/c1-23(2,3)20-6-4-5-8-26(20)27-9-7-19(25-27)22(28)24-21-17-11-15-10-16(13-17)14-18(21)12-15/h7,9,15-18,20-21H,4-6,8,10-14H2,1-3H3,(H,24,28)/t15?,16?,17?,18?,20-,21?/m0/s1. The molecule has 1 N–H and O–H groups in total. The number of hydrogen-bond acceptors (Lipinski definition) is 3. The van der Waals surface area contributed by atoms with Crippen LogP contribution in [-0.2, 0) is 0 Å². The zero-order chi connectivity index (χ0) is 19.5. The van der Waals surface area contributed by atoms with E-state index in [4.69, 9.17) is 5.10 Å². The van der Waals surface area contributed by atoms with E-state index in [1.165, 1.54) is 51.4 Å². The molecule has 1 aromatic heterocycles. The topological polar surface area (TPSA) is 50.2 Å². The fraction of sp³-hybridized carbons (Fsp3) is 0.826. The Morgan fingerprint density at radius 2 is 1.75 bits per heavy atom. The summed E-state index contributed by atoms with van der Waals surface area (Å²) in [4.78, 5) is 15.0. The molecule has 2 heterocycles. The first-order valence-corrected chi connectivity index (χ1v) is 11.5. The number of carbonyl (C=O) groups is 1. The number of nitrogens with zero attached hydrogens (tertiary/aromatic N) is 3. The van der Waals surface area contributed by atoms with Gasteiger partial charge >= 0.3 is 0 Å². The summed E-state index contributed by atoms with van der Waals surface area (Å²) < 4.78 is 0. The molecule has 154 valence electrons. The maximum atomic E-state index is 13.0. The van der Waals surface area contributed by atoms with Crippen LogP contribution < -0.4 is 10.3 Å². The molecule has 4 aliphatic carbocycles. The maximum Gasteiger partial charge on any atom is 0.272 e. The molecular weight excluding hydrogens is 348 g/mol. The van der Waals surface area contributed by atoms with Gasteiger partial charge in [-0.05, 0) is 86.5 Å². The number of nitrogens with one attached hydrogen (secondary N) is 1. The van der Waals surface area contributed by atoms with E-state index in [1.807, 2.05) is 17.1 Å². The lowest BCUT2D eigenvalue weighted by molar-refractivity contribution is -0.0120. The molecule has 0 unspecified atom stereocenters. The Labute approximate surface area is 169 Å². The average molecular weight is 385 g/mol. The van der Waals surface area contributed by atoms with Crippen LogP contribution in [0.2, 0.25) is 0 Å². The van der Waals surface area contributed by atoms with Crippen molar-refractivity contribution in [3.05, 3.63) is 18.0 Å². The Bertz CT molecular complexity index is 705. The molecular formula is C23H36N4O. The van der Waals surface area contributed by atoms with Gasteiger partial charge in [0.25, 0.3) is 5.91 Å². The van der Waals surface area contributed by atoms with Crippen molar-refractivity contribution in [1.82, 2.24) is 15.2 Å². The van der Waals surface area contributed by atoms with E-state index in [1.54, 1.807) is 0 Å². The third-order valence-electron chi connectivity index (χ3n) is 8.07. The molecule has 5 nitrogen and oxygen atoms in total. The Hall–Kier alpha value is -1.52. The van der Waals surface area contributed by atoms with Crippen LogP contribution in [0.25, 0.3) is 0 Å². The molecule has 1 atom stereocenters. The third-order valence-corrected chi connectivity index (χ3v) is 8.07. The first-order valence-electron chi connectivity index (χ1n) is 11.5. The van der Waals surface area contributed by atoms with Gasteiger partial charge in [-0.15, -0.1) is 5.10 Å². The predicted octanol–water partition coefficient (Wildman–Crippen LogP) is 3.97. The van der Waals surface area contributed by atoms with Crippen LogP contribution in [0.5, 0.6) is 0 Å². The normalized spacial score (nSPS) is 37.3. The van der Waals surface area contributed by atoms with Gasteiger partial charge in [-0.25, -0.2) is 0 Å². The van der Waals surface area contributed by atoms with Gasteiger partial charge < -0.3 is 5.32 Å². The molecule has 1 aliphatic heterocycles. The molecule has 0 spiro atoms. The number of piperidine rings is 1. The summed E-state index contributed by atoms with van der Waals surface area (Å²) in [6.45, 7) is 7.93. The Balaban J connectivity index is 1.29. The molecule has 5 aliphatic rings. The van der Waals surface area contributed by atoms with Crippen LogP contribution in [0.3, 0.4) is 0 Å². The van der Waals surface area contributed by atoms with Crippen molar-refractivity contribution >= 4 is 5.91 Å². The Morgan fingerprint density at radius 3 is 2.39 bits per heavy atom. The second-order valence-corrected chi connectivity index (χ2v) is 11.1. The SMILES string of the molecule is CC(C)(C)[C@@H]1CCCCN1n1ccc(C(=O)NC2C3CC4CC(C3)CC2C4)n1. The van der Waals surface area contributed by atoms with E-state index < -0.39 is 0 Å². The highest BCUT2D eigenvalue weighted by Crippen LogP contribution is 2.53. The lowest BCUT2D eigenvalue weighted by Crippen LogP contribution is -2.56. The van der Waals surface area contributed by atoms with Crippen molar-refractivity contribution in [2.45, 2.75) is 84.2 Å². The molecule has 5 fully saturated rings. The Kier molecular flexibility index (Phi) is 4.48.